The Morgan fingerprint density at radius 3 is 2.75 bits per heavy atom. The minimum atomic E-state index is -3.69. The third kappa shape index (κ3) is 3.50. The van der Waals surface area contributed by atoms with Crippen LogP contribution in [0.5, 0.6) is 0 Å². The quantitative estimate of drug-likeness (QED) is 0.860. The van der Waals surface area contributed by atoms with Gasteiger partial charge in [-0.1, -0.05) is 17.4 Å². The Morgan fingerprint density at radius 2 is 2.15 bits per heavy atom. The molecule has 2 aromatic rings. The largest absolute Gasteiger partial charge is 0.374 e. The Bertz CT molecular complexity index is 715. The predicted octanol–water partition coefficient (Wildman–Crippen LogP) is 1.09. The molecule has 0 fully saturated rings. The summed E-state index contributed by atoms with van der Waals surface area (Å²) in [5.41, 5.74) is 7.01. The molecule has 3 N–H and O–H groups in total. The van der Waals surface area contributed by atoms with Crippen molar-refractivity contribution in [1.29, 1.82) is 0 Å². The molecule has 2 rings (SSSR count). The van der Waals surface area contributed by atoms with Gasteiger partial charge in [-0.3, -0.25) is 0 Å². The Hall–Kier alpha value is -1.58. The van der Waals surface area contributed by atoms with E-state index in [1.54, 1.807) is 13.0 Å². The van der Waals surface area contributed by atoms with E-state index in [-0.39, 0.29) is 21.8 Å². The first-order valence-electron chi connectivity index (χ1n) is 5.72. The molecule has 0 amide bonds. The third-order valence-electron chi connectivity index (χ3n) is 2.64. The van der Waals surface area contributed by atoms with Crippen LogP contribution in [-0.4, -0.2) is 25.2 Å². The van der Waals surface area contributed by atoms with E-state index in [1.807, 2.05) is 0 Å². The highest BCUT2D eigenvalue weighted by Gasteiger charge is 2.18. The minimum absolute atomic E-state index is 0.0970. The second-order valence-electron chi connectivity index (χ2n) is 4.12. The van der Waals surface area contributed by atoms with Gasteiger partial charge >= 0.3 is 0 Å². The lowest BCUT2D eigenvalue weighted by Crippen LogP contribution is -2.26. The summed E-state index contributed by atoms with van der Waals surface area (Å²) in [7, 11) is -3.69. The lowest BCUT2D eigenvalue weighted by Gasteiger charge is -2.06. The van der Waals surface area contributed by atoms with Gasteiger partial charge in [0.25, 0.3) is 10.0 Å². The number of halogens is 1. The molecule has 0 atom stereocenters. The molecular weight excluding hydrogens is 303 g/mol. The lowest BCUT2D eigenvalue weighted by molar-refractivity contribution is 0.579. The summed E-state index contributed by atoms with van der Waals surface area (Å²) >= 11 is 0.802. The molecule has 0 radical (unpaired) electrons. The first kappa shape index (κ1) is 14.8. The molecule has 0 bridgehead atoms. The van der Waals surface area contributed by atoms with Crippen molar-refractivity contribution in [2.75, 3.05) is 12.3 Å². The van der Waals surface area contributed by atoms with Crippen molar-refractivity contribution in [2.24, 2.45) is 0 Å². The molecule has 9 heteroatoms. The summed E-state index contributed by atoms with van der Waals surface area (Å²) in [5.74, 6) is -0.309. The standard InChI is InChI=1S/C11H13FN4O2S2/c1-7-6-9(12)3-2-8(7)4-5-14-20(17,18)11-16-15-10(13)19-11/h2-3,6,14H,4-5H2,1H3,(H2,13,15). The molecule has 6 nitrogen and oxygen atoms in total. The maximum absolute atomic E-state index is 12.9. The third-order valence-corrected chi connectivity index (χ3v) is 5.22. The topological polar surface area (TPSA) is 98.0 Å². The molecule has 0 saturated heterocycles. The van der Waals surface area contributed by atoms with Gasteiger partial charge in [-0.15, -0.1) is 10.2 Å². The van der Waals surface area contributed by atoms with Crippen molar-refractivity contribution < 1.29 is 12.8 Å². The van der Waals surface area contributed by atoms with E-state index < -0.39 is 10.0 Å². The van der Waals surface area contributed by atoms with Crippen LogP contribution >= 0.6 is 11.3 Å². The van der Waals surface area contributed by atoms with Crippen molar-refractivity contribution in [1.82, 2.24) is 14.9 Å². The van der Waals surface area contributed by atoms with E-state index in [0.29, 0.717) is 6.42 Å². The smallest absolute Gasteiger partial charge is 0.269 e. The number of benzene rings is 1. The highest BCUT2D eigenvalue weighted by molar-refractivity contribution is 7.91. The number of nitrogens with zero attached hydrogens (tertiary/aromatic N) is 2. The molecule has 20 heavy (non-hydrogen) atoms. The molecule has 0 aliphatic rings. The molecule has 1 aromatic carbocycles. The highest BCUT2D eigenvalue weighted by Crippen LogP contribution is 2.16. The molecule has 0 aliphatic heterocycles. The number of sulfonamides is 1. The van der Waals surface area contributed by atoms with Crippen LogP contribution in [0.15, 0.2) is 22.5 Å². The van der Waals surface area contributed by atoms with Gasteiger partial charge in [-0.05, 0) is 36.6 Å². The number of aromatic nitrogens is 2. The first-order chi connectivity index (χ1) is 9.38. The maximum Gasteiger partial charge on any atom is 0.269 e. The van der Waals surface area contributed by atoms with E-state index in [2.05, 4.69) is 14.9 Å². The summed E-state index contributed by atoms with van der Waals surface area (Å²) in [6.45, 7) is 1.96. The fraction of sp³-hybridized carbons (Fsp3) is 0.273. The SMILES string of the molecule is Cc1cc(F)ccc1CCNS(=O)(=O)c1nnc(N)s1. The number of rotatable bonds is 5. The van der Waals surface area contributed by atoms with Crippen molar-refractivity contribution in [3.05, 3.63) is 35.1 Å². The number of nitrogen functional groups attached to an aromatic ring is 1. The molecule has 0 saturated carbocycles. The second-order valence-corrected chi connectivity index (χ2v) is 7.07. The van der Waals surface area contributed by atoms with Gasteiger partial charge in [0.2, 0.25) is 9.47 Å². The van der Waals surface area contributed by atoms with Gasteiger partial charge in [-0.2, -0.15) is 0 Å². The number of hydrogen-bond acceptors (Lipinski definition) is 6. The number of anilines is 1. The molecule has 1 heterocycles. The Labute approximate surface area is 119 Å². The fourth-order valence-electron chi connectivity index (χ4n) is 1.65. The van der Waals surface area contributed by atoms with Crippen LogP contribution in [0.4, 0.5) is 9.52 Å². The van der Waals surface area contributed by atoms with E-state index in [9.17, 15) is 12.8 Å². The van der Waals surface area contributed by atoms with Crippen LogP contribution in [0, 0.1) is 12.7 Å². The summed E-state index contributed by atoms with van der Waals surface area (Å²) in [4.78, 5) is 0. The molecule has 0 aliphatic carbocycles. The van der Waals surface area contributed by atoms with Crippen molar-refractivity contribution in [3.8, 4) is 0 Å². The Morgan fingerprint density at radius 1 is 1.40 bits per heavy atom. The van der Waals surface area contributed by atoms with Crippen LogP contribution in [0.1, 0.15) is 11.1 Å². The van der Waals surface area contributed by atoms with E-state index in [0.717, 1.165) is 22.5 Å². The molecule has 1 aromatic heterocycles. The zero-order valence-corrected chi connectivity index (χ0v) is 12.3. The zero-order valence-electron chi connectivity index (χ0n) is 10.6. The summed E-state index contributed by atoms with van der Waals surface area (Å²) in [6.07, 6.45) is 0.458. The van der Waals surface area contributed by atoms with Gasteiger partial charge in [0.1, 0.15) is 5.82 Å². The van der Waals surface area contributed by atoms with Gasteiger partial charge in [0.05, 0.1) is 0 Å². The lowest BCUT2D eigenvalue weighted by atomic mass is 10.1. The van der Waals surface area contributed by atoms with Gasteiger partial charge in [0, 0.05) is 6.54 Å². The van der Waals surface area contributed by atoms with Gasteiger partial charge < -0.3 is 5.73 Å². The summed E-state index contributed by atoms with van der Waals surface area (Å²) < 4.78 is 38.9. The average molecular weight is 316 g/mol. The van der Waals surface area contributed by atoms with E-state index in [4.69, 9.17) is 5.73 Å². The Kier molecular flexibility index (Phi) is 4.31. The molecule has 0 spiro atoms. The molecule has 0 unspecified atom stereocenters. The monoisotopic (exact) mass is 316 g/mol. The fourth-order valence-corrected chi connectivity index (χ4v) is 3.51. The predicted molar refractivity (Wildman–Crippen MR) is 74.4 cm³/mol. The summed E-state index contributed by atoms with van der Waals surface area (Å²) in [5, 5.41) is 7.04. The Balaban J connectivity index is 1.99. The van der Waals surface area contributed by atoms with Crippen LogP contribution < -0.4 is 10.5 Å². The van der Waals surface area contributed by atoms with Crippen LogP contribution in [0.2, 0.25) is 0 Å². The van der Waals surface area contributed by atoms with Gasteiger partial charge in [0.15, 0.2) is 0 Å². The minimum Gasteiger partial charge on any atom is -0.374 e. The normalized spacial score (nSPS) is 11.7. The number of nitrogens with one attached hydrogen (secondary N) is 1. The maximum atomic E-state index is 12.9. The van der Waals surface area contributed by atoms with Crippen molar-refractivity contribution in [3.63, 3.8) is 0 Å². The van der Waals surface area contributed by atoms with Crippen molar-refractivity contribution >= 4 is 26.5 Å². The van der Waals surface area contributed by atoms with Crippen LogP contribution in [0.25, 0.3) is 0 Å². The number of aryl methyl sites for hydroxylation is 1. The van der Waals surface area contributed by atoms with Crippen LogP contribution in [-0.2, 0) is 16.4 Å². The summed E-state index contributed by atoms with van der Waals surface area (Å²) in [6, 6.07) is 4.40. The van der Waals surface area contributed by atoms with E-state index >= 15 is 0 Å². The number of nitrogens with two attached hydrogens (primary N) is 1. The first-order valence-corrected chi connectivity index (χ1v) is 8.02. The average Bonchev–Trinajstić information content (AvgIpc) is 2.79. The molecular formula is C11H13FN4O2S2. The van der Waals surface area contributed by atoms with Crippen molar-refractivity contribution in [2.45, 2.75) is 17.7 Å². The van der Waals surface area contributed by atoms with E-state index in [1.165, 1.54) is 12.1 Å². The van der Waals surface area contributed by atoms with Crippen LogP contribution in [0.3, 0.4) is 0 Å². The van der Waals surface area contributed by atoms with Gasteiger partial charge in [-0.25, -0.2) is 17.5 Å². The second kappa shape index (κ2) is 5.81. The molecule has 108 valence electrons. The zero-order chi connectivity index (χ0) is 14.8. The highest BCUT2D eigenvalue weighted by atomic mass is 32.2. The number of hydrogen-bond donors (Lipinski definition) is 2.